The van der Waals surface area contributed by atoms with E-state index in [1.54, 1.807) is 17.2 Å². The van der Waals surface area contributed by atoms with Crippen molar-refractivity contribution in [2.75, 3.05) is 22.9 Å². The number of pyridine rings is 2. The molecule has 0 radical (unpaired) electrons. The van der Waals surface area contributed by atoms with Gasteiger partial charge in [0.1, 0.15) is 5.82 Å². The number of primary sulfonamides is 1. The molecule has 13 heteroatoms. The van der Waals surface area contributed by atoms with Gasteiger partial charge >= 0.3 is 0 Å². The van der Waals surface area contributed by atoms with Crippen molar-refractivity contribution < 1.29 is 22.0 Å². The van der Waals surface area contributed by atoms with Crippen molar-refractivity contribution >= 4 is 50.6 Å². The zero-order valence-corrected chi connectivity index (χ0v) is 21.0. The molecule has 2 N–H and O–H groups in total. The third kappa shape index (κ3) is 6.38. The second-order valence-corrected chi connectivity index (χ2v) is 11.5. The first kappa shape index (κ1) is 26.0. The Kier molecular flexibility index (Phi) is 7.51. The number of nitrogens with two attached hydrogens (primary N) is 1. The van der Waals surface area contributed by atoms with Crippen LogP contribution in [-0.2, 0) is 16.4 Å². The van der Waals surface area contributed by atoms with Gasteiger partial charge < -0.3 is 4.90 Å². The number of amides is 1. The monoisotopic (exact) mass is 547 g/mol. The average molecular weight is 548 g/mol. The van der Waals surface area contributed by atoms with Crippen LogP contribution in [0.5, 0.6) is 0 Å². The minimum Gasteiger partial charge on any atom is -0.356 e. The Bertz CT molecular complexity index is 1210. The van der Waals surface area contributed by atoms with Crippen LogP contribution < -0.4 is 14.9 Å². The van der Waals surface area contributed by atoms with Gasteiger partial charge in [0.05, 0.1) is 11.3 Å². The van der Waals surface area contributed by atoms with Crippen LogP contribution in [0.3, 0.4) is 0 Å². The van der Waals surface area contributed by atoms with E-state index in [1.165, 1.54) is 12.3 Å². The molecule has 1 saturated carbocycles. The topological polar surface area (TPSA) is 109 Å². The molecule has 2 aromatic heterocycles. The van der Waals surface area contributed by atoms with Crippen LogP contribution in [0.2, 0.25) is 0 Å². The summed E-state index contributed by atoms with van der Waals surface area (Å²) in [6.45, 7) is 0.332. The minimum atomic E-state index is -4.16. The molecule has 0 atom stereocenters. The van der Waals surface area contributed by atoms with E-state index >= 15 is 0 Å². The molecule has 1 amide bonds. The van der Waals surface area contributed by atoms with Crippen molar-refractivity contribution in [3.63, 3.8) is 0 Å². The van der Waals surface area contributed by atoms with Gasteiger partial charge in [-0.2, -0.15) is 0 Å². The number of hydrogen-bond donors (Lipinski definition) is 1. The second-order valence-electron chi connectivity index (χ2n) is 8.91. The van der Waals surface area contributed by atoms with Crippen LogP contribution >= 0.6 is 23.2 Å². The number of anilines is 2. The Morgan fingerprint density at radius 3 is 2.63 bits per heavy atom. The van der Waals surface area contributed by atoms with Crippen molar-refractivity contribution in [1.29, 1.82) is 0 Å². The molecule has 190 valence electrons. The third-order valence-corrected chi connectivity index (χ3v) is 7.29. The zero-order valence-electron chi connectivity index (χ0n) is 18.7. The highest BCUT2D eigenvalue weighted by atomic mass is 35.5. The van der Waals surface area contributed by atoms with E-state index in [-0.39, 0.29) is 42.9 Å². The molecule has 2 fully saturated rings. The van der Waals surface area contributed by atoms with Crippen molar-refractivity contribution in [2.45, 2.75) is 54.4 Å². The van der Waals surface area contributed by atoms with E-state index in [1.807, 2.05) is 0 Å². The van der Waals surface area contributed by atoms with Gasteiger partial charge in [-0.1, -0.05) is 23.2 Å². The highest BCUT2D eigenvalue weighted by Gasteiger charge is 2.35. The van der Waals surface area contributed by atoms with Crippen LogP contribution in [0, 0.1) is 5.92 Å². The Hall–Kier alpha value is -2.08. The maximum atomic E-state index is 14.0. The van der Waals surface area contributed by atoms with Crippen molar-refractivity contribution in [2.24, 2.45) is 11.1 Å². The normalized spacial score (nSPS) is 18.4. The first-order valence-electron chi connectivity index (χ1n) is 11.2. The van der Waals surface area contributed by atoms with E-state index in [2.05, 4.69) is 9.97 Å². The van der Waals surface area contributed by atoms with E-state index in [4.69, 9.17) is 28.3 Å². The summed E-state index contributed by atoms with van der Waals surface area (Å²) in [5, 5.41) is 4.72. The summed E-state index contributed by atoms with van der Waals surface area (Å²) in [6, 6.07) is 4.16. The van der Waals surface area contributed by atoms with Crippen LogP contribution in [-0.4, -0.2) is 48.3 Å². The molecule has 1 saturated heterocycles. The highest BCUT2D eigenvalue weighted by Crippen LogP contribution is 2.35. The SMILES string of the molecule is NS(=O)(=O)c1cc(N(C(=O)c2cc(CC3CC3)cnc2N2CCCC(F)(F)CC2)C(Cl)Cl)ccn1. The van der Waals surface area contributed by atoms with Gasteiger partial charge in [0.2, 0.25) is 5.92 Å². The Labute approximate surface area is 212 Å². The van der Waals surface area contributed by atoms with Gasteiger partial charge in [-0.15, -0.1) is 0 Å². The lowest BCUT2D eigenvalue weighted by Crippen LogP contribution is -2.37. The summed E-state index contributed by atoms with van der Waals surface area (Å²) < 4.78 is 51.6. The van der Waals surface area contributed by atoms with E-state index in [9.17, 15) is 22.0 Å². The number of nitrogens with zero attached hydrogens (tertiary/aromatic N) is 4. The second kappa shape index (κ2) is 10.1. The number of aromatic nitrogens is 2. The molecule has 2 aromatic rings. The number of alkyl halides is 4. The molecular weight excluding hydrogens is 523 g/mol. The zero-order chi connectivity index (χ0) is 25.4. The average Bonchev–Trinajstić information content (AvgIpc) is 3.61. The smallest absolute Gasteiger partial charge is 0.264 e. The molecule has 1 aliphatic heterocycles. The van der Waals surface area contributed by atoms with Crippen LogP contribution in [0.1, 0.15) is 48.0 Å². The van der Waals surface area contributed by atoms with Gasteiger partial charge in [0.15, 0.2) is 9.99 Å². The molecule has 4 rings (SSSR count). The van der Waals surface area contributed by atoms with Crippen LogP contribution in [0.4, 0.5) is 20.3 Å². The standard InChI is InChI=1S/C22H25Cl2F2N5O3S/c23-21(24)31(16-4-7-28-18(12-16)35(27,33)34)20(32)17-11-15(10-14-2-3-14)13-29-19(17)30-8-1-5-22(25,26)6-9-30/h4,7,11-14,21H,1-3,5-6,8-10H2,(H2,27,33,34). The Morgan fingerprint density at radius 2 is 1.97 bits per heavy atom. The van der Waals surface area contributed by atoms with E-state index < -0.39 is 31.8 Å². The number of carbonyl (C=O) groups excluding carboxylic acids is 1. The number of sulfonamides is 1. The fourth-order valence-corrected chi connectivity index (χ4v) is 5.00. The first-order valence-corrected chi connectivity index (χ1v) is 13.6. The summed E-state index contributed by atoms with van der Waals surface area (Å²) in [4.78, 5) is 23.3. The Balaban J connectivity index is 1.75. The molecule has 3 heterocycles. The molecule has 35 heavy (non-hydrogen) atoms. The van der Waals surface area contributed by atoms with Crippen LogP contribution in [0.25, 0.3) is 0 Å². The summed E-state index contributed by atoms with van der Waals surface area (Å²) in [5.74, 6) is -2.66. The summed E-state index contributed by atoms with van der Waals surface area (Å²) in [6.07, 6.45) is 5.41. The van der Waals surface area contributed by atoms with E-state index in [0.717, 1.165) is 35.8 Å². The van der Waals surface area contributed by atoms with Gasteiger partial charge in [-0.3, -0.25) is 9.69 Å². The lowest BCUT2D eigenvalue weighted by atomic mass is 10.1. The molecule has 0 aromatic carbocycles. The van der Waals surface area contributed by atoms with Gasteiger partial charge in [-0.05, 0) is 49.3 Å². The van der Waals surface area contributed by atoms with Crippen molar-refractivity contribution in [3.05, 3.63) is 41.7 Å². The summed E-state index contributed by atoms with van der Waals surface area (Å²) in [5.41, 5.74) is 1.04. The highest BCUT2D eigenvalue weighted by molar-refractivity contribution is 7.89. The maximum Gasteiger partial charge on any atom is 0.264 e. The largest absolute Gasteiger partial charge is 0.356 e. The lowest BCUT2D eigenvalue weighted by molar-refractivity contribution is -0.0102. The van der Waals surface area contributed by atoms with Crippen molar-refractivity contribution in [1.82, 2.24) is 9.97 Å². The summed E-state index contributed by atoms with van der Waals surface area (Å²) in [7, 11) is -4.16. The van der Waals surface area contributed by atoms with Crippen molar-refractivity contribution in [3.8, 4) is 0 Å². The number of carbonyl (C=O) groups is 1. The van der Waals surface area contributed by atoms with Gasteiger partial charge in [0.25, 0.3) is 15.9 Å². The molecule has 8 nitrogen and oxygen atoms in total. The number of hydrogen-bond acceptors (Lipinski definition) is 6. The molecule has 0 unspecified atom stereocenters. The Morgan fingerprint density at radius 1 is 1.23 bits per heavy atom. The fraction of sp³-hybridized carbons (Fsp3) is 0.500. The van der Waals surface area contributed by atoms with E-state index in [0.29, 0.717) is 12.5 Å². The number of rotatable bonds is 7. The quantitative estimate of drug-likeness (QED) is 0.412. The fourth-order valence-electron chi connectivity index (χ4n) is 4.11. The third-order valence-electron chi connectivity index (χ3n) is 6.09. The maximum absolute atomic E-state index is 14.0. The minimum absolute atomic E-state index is 0.0260. The van der Waals surface area contributed by atoms with Crippen LogP contribution in [0.15, 0.2) is 35.6 Å². The first-order chi connectivity index (χ1) is 16.4. The van der Waals surface area contributed by atoms with Gasteiger partial charge in [0, 0.05) is 44.4 Å². The molecule has 0 bridgehead atoms. The predicted octanol–water partition coefficient (Wildman–Crippen LogP) is 4.11. The molecule has 1 aliphatic carbocycles. The predicted molar refractivity (Wildman–Crippen MR) is 130 cm³/mol. The molecular formula is C22H25Cl2F2N5O3S. The lowest BCUT2D eigenvalue weighted by Gasteiger charge is -2.28. The molecule has 0 spiro atoms. The van der Waals surface area contributed by atoms with Gasteiger partial charge in [-0.25, -0.2) is 32.3 Å². The number of halogens is 4. The molecule has 2 aliphatic rings. The summed E-state index contributed by atoms with van der Waals surface area (Å²) >= 11 is 12.3.